The van der Waals surface area contributed by atoms with Crippen molar-refractivity contribution in [3.63, 3.8) is 0 Å². The predicted octanol–water partition coefficient (Wildman–Crippen LogP) is 3.54. The van der Waals surface area contributed by atoms with E-state index in [0.717, 1.165) is 24.2 Å². The van der Waals surface area contributed by atoms with Crippen LogP contribution >= 0.6 is 11.6 Å². The zero-order valence-electron chi connectivity index (χ0n) is 10.7. The van der Waals surface area contributed by atoms with Crippen LogP contribution in [-0.2, 0) is 5.88 Å². The van der Waals surface area contributed by atoms with E-state index in [-0.39, 0.29) is 5.91 Å². The Morgan fingerprint density at radius 3 is 2.65 bits per heavy atom. The summed E-state index contributed by atoms with van der Waals surface area (Å²) in [7, 11) is 0. The third-order valence-corrected chi connectivity index (χ3v) is 2.89. The van der Waals surface area contributed by atoms with Gasteiger partial charge in [0.25, 0.3) is 5.91 Å². The van der Waals surface area contributed by atoms with Crippen LogP contribution < -0.4 is 0 Å². The van der Waals surface area contributed by atoms with Crippen LogP contribution in [0.1, 0.15) is 36.7 Å². The molecule has 0 bridgehead atoms. The fourth-order valence-electron chi connectivity index (χ4n) is 1.77. The van der Waals surface area contributed by atoms with Gasteiger partial charge in [0.15, 0.2) is 0 Å². The highest BCUT2D eigenvalue weighted by atomic mass is 35.5. The number of carbonyl (C=O) groups is 1. The van der Waals surface area contributed by atoms with Crippen molar-refractivity contribution in [1.29, 1.82) is 0 Å². The molecule has 0 fully saturated rings. The molecule has 0 radical (unpaired) electrons. The summed E-state index contributed by atoms with van der Waals surface area (Å²) in [6.45, 7) is 7.77. The van der Waals surface area contributed by atoms with E-state index in [1.807, 2.05) is 36.1 Å². The largest absolute Gasteiger partial charge is 0.339 e. The highest BCUT2D eigenvalue weighted by Crippen LogP contribution is 2.11. The van der Waals surface area contributed by atoms with E-state index < -0.39 is 0 Å². The smallest absolute Gasteiger partial charge is 0.253 e. The van der Waals surface area contributed by atoms with Crippen LogP contribution in [0.2, 0.25) is 0 Å². The maximum absolute atomic E-state index is 12.3. The first kappa shape index (κ1) is 14.0. The molecule has 94 valence electrons. The predicted molar refractivity (Wildman–Crippen MR) is 72.4 cm³/mol. The minimum atomic E-state index is 0.0909. The minimum Gasteiger partial charge on any atom is -0.339 e. The molecule has 2 nitrogen and oxygen atoms in total. The summed E-state index contributed by atoms with van der Waals surface area (Å²) >= 11 is 5.78. The first-order valence-corrected chi connectivity index (χ1v) is 6.56. The zero-order valence-corrected chi connectivity index (χ0v) is 11.5. The molecule has 0 heterocycles. The molecule has 0 aromatic heterocycles. The molecule has 0 saturated carbocycles. The van der Waals surface area contributed by atoms with E-state index in [4.69, 9.17) is 11.6 Å². The van der Waals surface area contributed by atoms with Gasteiger partial charge in [-0.1, -0.05) is 26.0 Å². The van der Waals surface area contributed by atoms with Gasteiger partial charge in [-0.3, -0.25) is 4.79 Å². The Morgan fingerprint density at radius 2 is 2.12 bits per heavy atom. The van der Waals surface area contributed by atoms with Gasteiger partial charge < -0.3 is 4.90 Å². The van der Waals surface area contributed by atoms with E-state index in [1.54, 1.807) is 0 Å². The number of rotatable bonds is 5. The second kappa shape index (κ2) is 6.65. The fraction of sp³-hybridized carbons (Fsp3) is 0.500. The number of amides is 1. The first-order chi connectivity index (χ1) is 8.08. The summed E-state index contributed by atoms with van der Waals surface area (Å²) in [5, 5.41) is 0. The highest BCUT2D eigenvalue weighted by Gasteiger charge is 2.15. The lowest BCUT2D eigenvalue weighted by Gasteiger charge is -2.23. The van der Waals surface area contributed by atoms with Gasteiger partial charge in [0.1, 0.15) is 0 Å². The molecule has 0 aliphatic carbocycles. The van der Waals surface area contributed by atoms with E-state index >= 15 is 0 Å². The van der Waals surface area contributed by atoms with E-state index in [2.05, 4.69) is 13.8 Å². The van der Waals surface area contributed by atoms with E-state index in [1.165, 1.54) is 0 Å². The zero-order chi connectivity index (χ0) is 12.8. The Morgan fingerprint density at radius 1 is 1.41 bits per heavy atom. The Hall–Kier alpha value is -1.02. The third kappa shape index (κ3) is 4.04. The van der Waals surface area contributed by atoms with E-state index in [0.29, 0.717) is 11.8 Å². The van der Waals surface area contributed by atoms with Gasteiger partial charge in [-0.25, -0.2) is 0 Å². The topological polar surface area (TPSA) is 20.3 Å². The van der Waals surface area contributed by atoms with Crippen molar-refractivity contribution in [2.24, 2.45) is 5.92 Å². The molecule has 0 unspecified atom stereocenters. The Labute approximate surface area is 109 Å². The van der Waals surface area contributed by atoms with Crippen molar-refractivity contribution in [2.75, 3.05) is 13.1 Å². The second-order valence-electron chi connectivity index (χ2n) is 4.57. The Balaban J connectivity index is 2.85. The monoisotopic (exact) mass is 253 g/mol. The Bertz CT molecular complexity index is 376. The van der Waals surface area contributed by atoms with Gasteiger partial charge in [-0.05, 0) is 30.5 Å². The quantitative estimate of drug-likeness (QED) is 0.735. The van der Waals surface area contributed by atoms with Crippen LogP contribution in [0.3, 0.4) is 0 Å². The van der Waals surface area contributed by atoms with Crippen molar-refractivity contribution >= 4 is 17.5 Å². The number of alkyl halides is 1. The fourth-order valence-corrected chi connectivity index (χ4v) is 1.93. The molecule has 3 heteroatoms. The summed E-state index contributed by atoms with van der Waals surface area (Å²) in [6, 6.07) is 7.54. The summed E-state index contributed by atoms with van der Waals surface area (Å²) in [5.41, 5.74) is 1.71. The molecule has 1 aromatic carbocycles. The highest BCUT2D eigenvalue weighted by molar-refractivity contribution is 6.17. The number of nitrogens with zero attached hydrogens (tertiary/aromatic N) is 1. The number of carbonyl (C=O) groups excluding carboxylic acids is 1. The van der Waals surface area contributed by atoms with Gasteiger partial charge in [0, 0.05) is 24.5 Å². The first-order valence-electron chi connectivity index (χ1n) is 6.02. The van der Waals surface area contributed by atoms with Crippen LogP contribution in [0.5, 0.6) is 0 Å². The molecule has 0 saturated heterocycles. The van der Waals surface area contributed by atoms with E-state index in [9.17, 15) is 4.79 Å². The van der Waals surface area contributed by atoms with Gasteiger partial charge in [0.2, 0.25) is 0 Å². The molecule has 17 heavy (non-hydrogen) atoms. The average Bonchev–Trinajstić information content (AvgIpc) is 2.35. The standard InChI is InChI=1S/C14H20ClNO/c1-4-16(10-11(2)3)14(17)13-7-5-6-12(8-13)9-15/h5-8,11H,4,9-10H2,1-3H3. The number of hydrogen-bond donors (Lipinski definition) is 0. The van der Waals surface area contributed by atoms with Gasteiger partial charge in [0.05, 0.1) is 0 Å². The van der Waals surface area contributed by atoms with Crippen molar-refractivity contribution in [3.05, 3.63) is 35.4 Å². The third-order valence-electron chi connectivity index (χ3n) is 2.58. The van der Waals surface area contributed by atoms with Crippen molar-refractivity contribution in [2.45, 2.75) is 26.7 Å². The van der Waals surface area contributed by atoms with Crippen LogP contribution in [0.4, 0.5) is 0 Å². The lowest BCUT2D eigenvalue weighted by molar-refractivity contribution is 0.0745. The molecule has 0 N–H and O–H groups in total. The molecule has 0 aliphatic heterocycles. The van der Waals surface area contributed by atoms with Gasteiger partial charge in [-0.15, -0.1) is 11.6 Å². The molecule has 0 spiro atoms. The van der Waals surface area contributed by atoms with Gasteiger partial charge in [-0.2, -0.15) is 0 Å². The summed E-state index contributed by atoms with van der Waals surface area (Å²) in [5.74, 6) is 1.01. The van der Waals surface area contributed by atoms with Crippen LogP contribution in [-0.4, -0.2) is 23.9 Å². The lowest BCUT2D eigenvalue weighted by atomic mass is 10.1. The summed E-state index contributed by atoms with van der Waals surface area (Å²) in [4.78, 5) is 14.1. The molecule has 1 amide bonds. The van der Waals surface area contributed by atoms with Gasteiger partial charge >= 0.3 is 0 Å². The number of hydrogen-bond acceptors (Lipinski definition) is 1. The molecule has 1 aromatic rings. The number of halogens is 1. The molecule has 0 atom stereocenters. The summed E-state index contributed by atoms with van der Waals surface area (Å²) in [6.07, 6.45) is 0. The number of benzene rings is 1. The van der Waals surface area contributed by atoms with Crippen LogP contribution in [0, 0.1) is 5.92 Å². The van der Waals surface area contributed by atoms with Crippen molar-refractivity contribution in [1.82, 2.24) is 4.90 Å². The second-order valence-corrected chi connectivity index (χ2v) is 4.84. The van der Waals surface area contributed by atoms with Crippen LogP contribution in [0.25, 0.3) is 0 Å². The van der Waals surface area contributed by atoms with Crippen molar-refractivity contribution in [3.8, 4) is 0 Å². The molecule has 0 aliphatic rings. The lowest BCUT2D eigenvalue weighted by Crippen LogP contribution is -2.34. The maximum Gasteiger partial charge on any atom is 0.253 e. The molecule has 1 rings (SSSR count). The molecular weight excluding hydrogens is 234 g/mol. The molecular formula is C14H20ClNO. The Kier molecular flexibility index (Phi) is 5.49. The summed E-state index contributed by atoms with van der Waals surface area (Å²) < 4.78 is 0. The van der Waals surface area contributed by atoms with Crippen molar-refractivity contribution < 1.29 is 4.79 Å². The SMILES string of the molecule is CCN(CC(C)C)C(=O)c1cccc(CCl)c1. The normalized spacial score (nSPS) is 10.6. The average molecular weight is 254 g/mol. The van der Waals surface area contributed by atoms with Crippen LogP contribution in [0.15, 0.2) is 24.3 Å². The maximum atomic E-state index is 12.3. The minimum absolute atomic E-state index is 0.0909.